The van der Waals surface area contributed by atoms with E-state index in [0.717, 1.165) is 0 Å². The molecule has 0 saturated heterocycles. The number of aryl methyl sites for hydroxylation is 3. The van der Waals surface area contributed by atoms with Gasteiger partial charge in [-0.1, -0.05) is 126 Å². The number of hydrogen-bond donors (Lipinski definition) is 0. The van der Waals surface area contributed by atoms with E-state index in [2.05, 4.69) is 148 Å². The van der Waals surface area contributed by atoms with Gasteiger partial charge in [0.1, 0.15) is 0 Å². The lowest BCUT2D eigenvalue weighted by molar-refractivity contribution is 1.46. The molecule has 4 aromatic rings. The monoisotopic (exact) mass is 426 g/mol. The van der Waals surface area contributed by atoms with E-state index in [9.17, 15) is 0 Å². The number of benzene rings is 4. The van der Waals surface area contributed by atoms with Gasteiger partial charge in [0, 0.05) is 0 Å². The van der Waals surface area contributed by atoms with E-state index in [1.165, 1.54) is 50.1 Å². The van der Waals surface area contributed by atoms with Crippen LogP contribution >= 0.6 is 0 Å². The molecular formula is C33H30. The predicted octanol–water partition coefficient (Wildman–Crippen LogP) is 9.12. The highest BCUT2D eigenvalue weighted by atomic mass is 14.0. The first kappa shape index (κ1) is 22.3. The zero-order chi connectivity index (χ0) is 23.0. The lowest BCUT2D eigenvalue weighted by Crippen LogP contribution is -1.82. The van der Waals surface area contributed by atoms with Crippen LogP contribution in [-0.4, -0.2) is 0 Å². The summed E-state index contributed by atoms with van der Waals surface area (Å²) in [5, 5.41) is 0. The van der Waals surface area contributed by atoms with Gasteiger partial charge in [-0.15, -0.1) is 0 Å². The minimum atomic E-state index is 1.19. The van der Waals surface area contributed by atoms with Crippen LogP contribution in [0.4, 0.5) is 0 Å². The first-order valence-corrected chi connectivity index (χ1v) is 11.4. The molecule has 0 bridgehead atoms. The van der Waals surface area contributed by atoms with Crippen molar-refractivity contribution in [1.82, 2.24) is 0 Å². The molecular weight excluding hydrogens is 396 g/mol. The SMILES string of the molecule is Cc1ccc(C=Cc2cc(C=Cc3ccc(C)cc3)cc(C=Cc3ccc(C)cc3)c2)cc1. The molecule has 0 N–H and O–H groups in total. The van der Waals surface area contributed by atoms with Crippen molar-refractivity contribution in [2.45, 2.75) is 20.8 Å². The van der Waals surface area contributed by atoms with Gasteiger partial charge in [-0.2, -0.15) is 0 Å². The van der Waals surface area contributed by atoms with Gasteiger partial charge in [-0.05, 0) is 72.4 Å². The Morgan fingerprint density at radius 1 is 0.303 bits per heavy atom. The molecule has 4 aromatic carbocycles. The minimum absolute atomic E-state index is 1.19. The van der Waals surface area contributed by atoms with Crippen LogP contribution in [0.15, 0.2) is 91.0 Å². The highest BCUT2D eigenvalue weighted by Crippen LogP contribution is 2.19. The third kappa shape index (κ3) is 6.79. The van der Waals surface area contributed by atoms with Crippen molar-refractivity contribution in [2.24, 2.45) is 0 Å². The molecule has 0 aliphatic heterocycles. The van der Waals surface area contributed by atoms with Crippen molar-refractivity contribution in [1.29, 1.82) is 0 Å². The van der Waals surface area contributed by atoms with Gasteiger partial charge in [0.25, 0.3) is 0 Å². The summed E-state index contributed by atoms with van der Waals surface area (Å²) in [4.78, 5) is 0. The second-order valence-electron chi connectivity index (χ2n) is 8.67. The maximum atomic E-state index is 2.23. The second-order valence-corrected chi connectivity index (χ2v) is 8.67. The summed E-state index contributed by atoms with van der Waals surface area (Å²) in [6.45, 7) is 6.35. The molecule has 0 fully saturated rings. The molecule has 0 heterocycles. The molecule has 0 radical (unpaired) electrons. The Morgan fingerprint density at radius 2 is 0.515 bits per heavy atom. The zero-order valence-electron chi connectivity index (χ0n) is 19.6. The van der Waals surface area contributed by atoms with E-state index in [0.29, 0.717) is 0 Å². The quantitative estimate of drug-likeness (QED) is 0.270. The number of hydrogen-bond acceptors (Lipinski definition) is 0. The smallest absolute Gasteiger partial charge is 0.0245 e. The Labute approximate surface area is 198 Å². The van der Waals surface area contributed by atoms with Crippen LogP contribution in [0.1, 0.15) is 50.1 Å². The third-order valence-corrected chi connectivity index (χ3v) is 5.64. The third-order valence-electron chi connectivity index (χ3n) is 5.64. The highest BCUT2D eigenvalue weighted by Gasteiger charge is 1.98. The maximum absolute atomic E-state index is 2.23. The molecule has 0 unspecified atom stereocenters. The van der Waals surface area contributed by atoms with Crippen LogP contribution in [-0.2, 0) is 0 Å². The van der Waals surface area contributed by atoms with Gasteiger partial charge in [0.05, 0.1) is 0 Å². The topological polar surface area (TPSA) is 0 Å². The average molecular weight is 427 g/mol. The summed E-state index contributed by atoms with van der Waals surface area (Å²) in [6.07, 6.45) is 13.1. The fraction of sp³-hybridized carbons (Fsp3) is 0.0909. The van der Waals surface area contributed by atoms with Crippen LogP contribution in [0.25, 0.3) is 36.5 Å². The summed E-state index contributed by atoms with van der Waals surface area (Å²) >= 11 is 0. The molecule has 0 spiro atoms. The summed E-state index contributed by atoms with van der Waals surface area (Å²) in [5.74, 6) is 0. The van der Waals surface area contributed by atoms with E-state index >= 15 is 0 Å². The van der Waals surface area contributed by atoms with Crippen LogP contribution in [0, 0.1) is 20.8 Å². The van der Waals surface area contributed by atoms with Gasteiger partial charge in [-0.3, -0.25) is 0 Å². The molecule has 0 amide bonds. The molecule has 0 atom stereocenters. The van der Waals surface area contributed by atoms with Crippen LogP contribution in [0.5, 0.6) is 0 Å². The average Bonchev–Trinajstić information content (AvgIpc) is 2.83. The lowest BCUT2D eigenvalue weighted by Gasteiger charge is -2.04. The van der Waals surface area contributed by atoms with E-state index in [4.69, 9.17) is 0 Å². The van der Waals surface area contributed by atoms with E-state index < -0.39 is 0 Å². The highest BCUT2D eigenvalue weighted by molar-refractivity contribution is 5.78. The maximum Gasteiger partial charge on any atom is -0.0245 e. The number of rotatable bonds is 6. The molecule has 0 aromatic heterocycles. The van der Waals surface area contributed by atoms with Gasteiger partial charge in [-0.25, -0.2) is 0 Å². The molecule has 0 aliphatic rings. The Bertz CT molecular complexity index is 1100. The molecule has 4 rings (SSSR count). The zero-order valence-corrected chi connectivity index (χ0v) is 19.6. The summed E-state index contributed by atoms with van der Waals surface area (Å²) in [6, 6.07) is 32.5. The van der Waals surface area contributed by atoms with Crippen molar-refractivity contribution >= 4 is 36.5 Å². The molecule has 0 saturated carbocycles. The molecule has 33 heavy (non-hydrogen) atoms. The van der Waals surface area contributed by atoms with Gasteiger partial charge in [0.15, 0.2) is 0 Å². The van der Waals surface area contributed by atoms with Crippen LogP contribution in [0.3, 0.4) is 0 Å². The Morgan fingerprint density at radius 3 is 0.758 bits per heavy atom. The van der Waals surface area contributed by atoms with E-state index in [1.54, 1.807) is 0 Å². The first-order valence-electron chi connectivity index (χ1n) is 11.4. The first-order chi connectivity index (χ1) is 16.0. The van der Waals surface area contributed by atoms with Gasteiger partial charge >= 0.3 is 0 Å². The van der Waals surface area contributed by atoms with Crippen molar-refractivity contribution in [3.8, 4) is 0 Å². The van der Waals surface area contributed by atoms with Crippen LogP contribution < -0.4 is 0 Å². The van der Waals surface area contributed by atoms with Crippen molar-refractivity contribution in [3.63, 3.8) is 0 Å². The lowest BCUT2D eigenvalue weighted by atomic mass is 10.0. The molecule has 0 aliphatic carbocycles. The molecule has 0 heteroatoms. The predicted molar refractivity (Wildman–Crippen MR) is 147 cm³/mol. The summed E-state index contributed by atoms with van der Waals surface area (Å²) in [5.41, 5.74) is 11.0. The van der Waals surface area contributed by atoms with Crippen molar-refractivity contribution < 1.29 is 0 Å². The Kier molecular flexibility index (Phi) is 7.17. The van der Waals surface area contributed by atoms with Crippen molar-refractivity contribution in [3.05, 3.63) is 141 Å². The standard InChI is InChI=1S/C33H30/c1-25-4-10-28(11-5-25)16-19-31-22-32(20-17-29-12-6-26(2)7-13-29)24-33(23-31)21-18-30-14-8-27(3)9-15-30/h4-24H,1-3H3. The van der Waals surface area contributed by atoms with Gasteiger partial charge in [0.2, 0.25) is 0 Å². The molecule has 162 valence electrons. The van der Waals surface area contributed by atoms with E-state index in [-0.39, 0.29) is 0 Å². The fourth-order valence-corrected chi connectivity index (χ4v) is 3.60. The van der Waals surface area contributed by atoms with Gasteiger partial charge < -0.3 is 0 Å². The normalized spacial score (nSPS) is 11.7. The summed E-state index contributed by atoms with van der Waals surface area (Å²) < 4.78 is 0. The minimum Gasteiger partial charge on any atom is -0.0587 e. The van der Waals surface area contributed by atoms with Crippen LogP contribution in [0.2, 0.25) is 0 Å². The largest absolute Gasteiger partial charge is 0.0587 e. The molecule has 0 nitrogen and oxygen atoms in total. The van der Waals surface area contributed by atoms with E-state index in [1.807, 2.05) is 0 Å². The Balaban J connectivity index is 1.64. The second kappa shape index (κ2) is 10.6. The summed E-state index contributed by atoms with van der Waals surface area (Å²) in [7, 11) is 0. The fourth-order valence-electron chi connectivity index (χ4n) is 3.60. The Hall–Kier alpha value is -3.90. The van der Waals surface area contributed by atoms with Crippen molar-refractivity contribution in [2.75, 3.05) is 0 Å².